The second kappa shape index (κ2) is 6.29. The van der Waals surface area contributed by atoms with Crippen LogP contribution in [0.3, 0.4) is 0 Å². The normalized spacial score (nSPS) is 10.5. The van der Waals surface area contributed by atoms with E-state index in [4.69, 9.17) is 4.74 Å². The predicted molar refractivity (Wildman–Crippen MR) is 72.5 cm³/mol. The number of benzene rings is 1. The molecule has 3 nitrogen and oxygen atoms in total. The van der Waals surface area contributed by atoms with Crippen molar-refractivity contribution >= 4 is 0 Å². The topological polar surface area (TPSA) is 34.1 Å². The van der Waals surface area contributed by atoms with Crippen molar-refractivity contribution in [3.05, 3.63) is 59.0 Å². The number of nitrogens with zero attached hydrogens (tertiary/aromatic N) is 1. The van der Waals surface area contributed by atoms with Crippen LogP contribution in [0.4, 0.5) is 4.39 Å². The molecule has 2 aromatic rings. The predicted octanol–water partition coefficient (Wildman–Crippen LogP) is 2.83. The van der Waals surface area contributed by atoms with Gasteiger partial charge in [-0.1, -0.05) is 12.1 Å². The van der Waals surface area contributed by atoms with E-state index in [1.165, 1.54) is 6.07 Å². The smallest absolute Gasteiger partial charge is 0.213 e. The second-order valence-electron chi connectivity index (χ2n) is 4.39. The summed E-state index contributed by atoms with van der Waals surface area (Å²) in [4.78, 5) is 4.05. The molecule has 0 spiro atoms. The minimum Gasteiger partial charge on any atom is -0.481 e. The first-order chi connectivity index (χ1) is 9.19. The van der Waals surface area contributed by atoms with Crippen molar-refractivity contribution in [1.82, 2.24) is 10.3 Å². The van der Waals surface area contributed by atoms with Gasteiger partial charge in [-0.05, 0) is 35.7 Å². The van der Waals surface area contributed by atoms with Crippen LogP contribution >= 0.6 is 0 Å². The monoisotopic (exact) mass is 260 g/mol. The molecule has 0 aliphatic rings. The van der Waals surface area contributed by atoms with Crippen LogP contribution in [0.5, 0.6) is 5.88 Å². The van der Waals surface area contributed by atoms with Crippen molar-refractivity contribution in [2.45, 2.75) is 20.0 Å². The molecule has 0 bridgehead atoms. The van der Waals surface area contributed by atoms with Crippen LogP contribution in [0.15, 0.2) is 36.5 Å². The third-order valence-electron chi connectivity index (χ3n) is 2.89. The molecule has 1 N–H and O–H groups in total. The van der Waals surface area contributed by atoms with Crippen LogP contribution in [0.2, 0.25) is 0 Å². The zero-order valence-electron chi connectivity index (χ0n) is 11.1. The molecule has 0 atom stereocenters. The van der Waals surface area contributed by atoms with Crippen LogP contribution in [0.25, 0.3) is 0 Å². The number of ether oxygens (including phenoxy) is 1. The van der Waals surface area contributed by atoms with E-state index in [1.807, 2.05) is 18.2 Å². The van der Waals surface area contributed by atoms with Crippen molar-refractivity contribution in [1.29, 1.82) is 0 Å². The molecule has 0 amide bonds. The third kappa shape index (κ3) is 3.76. The minimum atomic E-state index is -0.164. The quantitative estimate of drug-likeness (QED) is 0.897. The Labute approximate surface area is 112 Å². The number of aromatic nitrogens is 1. The van der Waals surface area contributed by atoms with Crippen LogP contribution in [-0.4, -0.2) is 12.1 Å². The highest BCUT2D eigenvalue weighted by Crippen LogP contribution is 2.10. The summed E-state index contributed by atoms with van der Waals surface area (Å²) >= 11 is 0. The lowest BCUT2D eigenvalue weighted by molar-refractivity contribution is 0.397. The van der Waals surface area contributed by atoms with E-state index in [0.29, 0.717) is 18.0 Å². The molecule has 100 valence electrons. The lowest BCUT2D eigenvalue weighted by atomic mass is 10.1. The molecular formula is C15H17FN2O. The van der Waals surface area contributed by atoms with Gasteiger partial charge in [0, 0.05) is 25.4 Å². The van der Waals surface area contributed by atoms with Gasteiger partial charge in [-0.25, -0.2) is 9.37 Å². The van der Waals surface area contributed by atoms with Crippen LogP contribution in [0, 0.1) is 12.7 Å². The number of methoxy groups -OCH3 is 1. The molecule has 19 heavy (non-hydrogen) atoms. The van der Waals surface area contributed by atoms with E-state index in [0.717, 1.165) is 17.7 Å². The molecular weight excluding hydrogens is 243 g/mol. The number of nitrogens with one attached hydrogen (secondary N) is 1. The third-order valence-corrected chi connectivity index (χ3v) is 2.89. The Bertz CT molecular complexity index is 558. The van der Waals surface area contributed by atoms with Crippen molar-refractivity contribution in [2.75, 3.05) is 7.11 Å². The fourth-order valence-corrected chi connectivity index (χ4v) is 1.84. The van der Waals surface area contributed by atoms with Crippen LogP contribution in [0.1, 0.15) is 16.7 Å². The van der Waals surface area contributed by atoms with Crippen molar-refractivity contribution in [3.8, 4) is 5.88 Å². The molecule has 2 rings (SSSR count). The Morgan fingerprint density at radius 1 is 1.16 bits per heavy atom. The zero-order valence-corrected chi connectivity index (χ0v) is 11.1. The van der Waals surface area contributed by atoms with Gasteiger partial charge in [0.2, 0.25) is 5.88 Å². The van der Waals surface area contributed by atoms with Gasteiger partial charge >= 0.3 is 0 Å². The van der Waals surface area contributed by atoms with Gasteiger partial charge in [0.25, 0.3) is 0 Å². The summed E-state index contributed by atoms with van der Waals surface area (Å²) in [7, 11) is 1.60. The summed E-state index contributed by atoms with van der Waals surface area (Å²) in [5.41, 5.74) is 2.84. The zero-order chi connectivity index (χ0) is 13.7. The van der Waals surface area contributed by atoms with Gasteiger partial charge in [-0.2, -0.15) is 0 Å². The van der Waals surface area contributed by atoms with Gasteiger partial charge in [-0.15, -0.1) is 0 Å². The summed E-state index contributed by atoms with van der Waals surface area (Å²) in [5, 5.41) is 3.31. The molecule has 0 aliphatic heterocycles. The second-order valence-corrected chi connectivity index (χ2v) is 4.39. The Hall–Kier alpha value is -1.94. The lowest BCUT2D eigenvalue weighted by Gasteiger charge is -2.07. The standard InChI is InChI=1S/C15H17FN2O/c1-11-7-12(3-4-14(11)16)9-17-10-13-5-6-18-15(8-13)19-2/h3-8,17H,9-10H2,1-2H3. The maximum absolute atomic E-state index is 13.1. The maximum Gasteiger partial charge on any atom is 0.213 e. The SMILES string of the molecule is COc1cc(CNCc2ccc(F)c(C)c2)ccn1. The average molecular weight is 260 g/mol. The van der Waals surface area contributed by atoms with E-state index in [9.17, 15) is 4.39 Å². The van der Waals surface area contributed by atoms with Crippen molar-refractivity contribution in [2.24, 2.45) is 0 Å². The van der Waals surface area contributed by atoms with E-state index >= 15 is 0 Å². The van der Waals surface area contributed by atoms with Gasteiger partial charge in [0.1, 0.15) is 5.82 Å². The number of aryl methyl sites for hydroxylation is 1. The number of halogens is 1. The summed E-state index contributed by atoms with van der Waals surface area (Å²) in [6.45, 7) is 3.19. The van der Waals surface area contributed by atoms with Gasteiger partial charge in [0.05, 0.1) is 7.11 Å². The number of hydrogen-bond donors (Lipinski definition) is 1. The molecule has 1 aromatic carbocycles. The molecule has 0 saturated heterocycles. The summed E-state index contributed by atoms with van der Waals surface area (Å²) in [5.74, 6) is 0.444. The first-order valence-corrected chi connectivity index (χ1v) is 6.13. The Kier molecular flexibility index (Phi) is 4.47. The molecule has 0 radical (unpaired) electrons. The Morgan fingerprint density at radius 3 is 2.58 bits per heavy atom. The summed E-state index contributed by atoms with van der Waals surface area (Å²) in [6, 6.07) is 8.98. The molecule has 0 unspecified atom stereocenters. The highest BCUT2D eigenvalue weighted by molar-refractivity contribution is 5.24. The fraction of sp³-hybridized carbons (Fsp3) is 0.267. The van der Waals surface area contributed by atoms with E-state index in [1.54, 1.807) is 26.3 Å². The highest BCUT2D eigenvalue weighted by atomic mass is 19.1. The van der Waals surface area contributed by atoms with Crippen molar-refractivity contribution < 1.29 is 9.13 Å². The van der Waals surface area contributed by atoms with Gasteiger partial charge < -0.3 is 10.1 Å². The number of rotatable bonds is 5. The van der Waals surface area contributed by atoms with Gasteiger partial charge in [0.15, 0.2) is 0 Å². The average Bonchev–Trinajstić information content (AvgIpc) is 2.43. The largest absolute Gasteiger partial charge is 0.481 e. The summed E-state index contributed by atoms with van der Waals surface area (Å²) < 4.78 is 18.2. The molecule has 0 saturated carbocycles. The Balaban J connectivity index is 1.90. The van der Waals surface area contributed by atoms with Crippen LogP contribution < -0.4 is 10.1 Å². The molecule has 1 aromatic heterocycles. The first kappa shape index (κ1) is 13.5. The van der Waals surface area contributed by atoms with E-state index in [2.05, 4.69) is 10.3 Å². The molecule has 1 heterocycles. The minimum absolute atomic E-state index is 0.164. The molecule has 4 heteroatoms. The van der Waals surface area contributed by atoms with Crippen LogP contribution in [-0.2, 0) is 13.1 Å². The van der Waals surface area contributed by atoms with Gasteiger partial charge in [-0.3, -0.25) is 0 Å². The molecule has 0 aliphatic carbocycles. The Morgan fingerprint density at radius 2 is 1.89 bits per heavy atom. The van der Waals surface area contributed by atoms with E-state index in [-0.39, 0.29) is 5.82 Å². The molecule has 0 fully saturated rings. The van der Waals surface area contributed by atoms with E-state index < -0.39 is 0 Å². The lowest BCUT2D eigenvalue weighted by Crippen LogP contribution is -2.13. The highest BCUT2D eigenvalue weighted by Gasteiger charge is 2.00. The van der Waals surface area contributed by atoms with Crippen molar-refractivity contribution in [3.63, 3.8) is 0 Å². The number of pyridine rings is 1. The number of hydrogen-bond acceptors (Lipinski definition) is 3. The fourth-order valence-electron chi connectivity index (χ4n) is 1.84. The maximum atomic E-state index is 13.1. The summed E-state index contributed by atoms with van der Waals surface area (Å²) in [6.07, 6.45) is 1.72. The first-order valence-electron chi connectivity index (χ1n) is 6.13.